The normalized spacial score (nSPS) is 12.3. The predicted octanol–water partition coefficient (Wildman–Crippen LogP) is 1.27. The molecule has 0 unspecified atom stereocenters. The maximum Gasteiger partial charge on any atom is 0.272 e. The fourth-order valence-electron chi connectivity index (χ4n) is 0.908. The molecule has 6 heteroatoms. The summed E-state index contributed by atoms with van der Waals surface area (Å²) in [4.78, 5) is 0. The van der Waals surface area contributed by atoms with E-state index in [1.807, 2.05) is 13.8 Å². The lowest BCUT2D eigenvalue weighted by molar-refractivity contribution is 0.364. The molecule has 0 aliphatic rings. The van der Waals surface area contributed by atoms with Crippen LogP contribution >= 0.6 is 0 Å². The fraction of sp³-hybridized carbons (Fsp3) is 0.625. The highest BCUT2D eigenvalue weighted by Crippen LogP contribution is 2.16. The van der Waals surface area contributed by atoms with Crippen LogP contribution in [-0.4, -0.2) is 20.7 Å². The second-order valence-corrected chi connectivity index (χ2v) is 4.98. The smallest absolute Gasteiger partial charge is 0.272 e. The van der Waals surface area contributed by atoms with Gasteiger partial charge < -0.3 is 4.52 Å². The SMILES string of the molecule is COS(=O)(=O)Cc1cc(C(C)C)on1. The molecule has 1 aromatic rings. The summed E-state index contributed by atoms with van der Waals surface area (Å²) >= 11 is 0. The Morgan fingerprint density at radius 3 is 2.64 bits per heavy atom. The first-order valence-corrected chi connectivity index (χ1v) is 5.76. The van der Waals surface area contributed by atoms with Gasteiger partial charge in [0.05, 0.1) is 7.11 Å². The summed E-state index contributed by atoms with van der Waals surface area (Å²) < 4.78 is 31.3. The van der Waals surface area contributed by atoms with E-state index in [4.69, 9.17) is 4.52 Å². The number of nitrogens with zero attached hydrogens (tertiary/aromatic N) is 1. The molecule has 0 atom stereocenters. The molecule has 5 nitrogen and oxygen atoms in total. The molecule has 0 fully saturated rings. The van der Waals surface area contributed by atoms with E-state index >= 15 is 0 Å². The van der Waals surface area contributed by atoms with Gasteiger partial charge in [0.1, 0.15) is 17.2 Å². The minimum atomic E-state index is -3.51. The van der Waals surface area contributed by atoms with Gasteiger partial charge >= 0.3 is 0 Å². The van der Waals surface area contributed by atoms with Gasteiger partial charge in [-0.3, -0.25) is 4.18 Å². The molecule has 0 aliphatic carbocycles. The van der Waals surface area contributed by atoms with E-state index in [2.05, 4.69) is 9.34 Å². The van der Waals surface area contributed by atoms with Crippen molar-refractivity contribution in [3.63, 3.8) is 0 Å². The molecule has 14 heavy (non-hydrogen) atoms. The minimum Gasteiger partial charge on any atom is -0.361 e. The molecule has 0 aromatic carbocycles. The van der Waals surface area contributed by atoms with Crippen LogP contribution in [0.15, 0.2) is 10.6 Å². The van der Waals surface area contributed by atoms with Crippen LogP contribution in [0.1, 0.15) is 31.2 Å². The number of hydrogen-bond donors (Lipinski definition) is 0. The zero-order valence-corrected chi connectivity index (χ0v) is 9.17. The van der Waals surface area contributed by atoms with Gasteiger partial charge in [-0.25, -0.2) is 0 Å². The van der Waals surface area contributed by atoms with E-state index in [0.717, 1.165) is 7.11 Å². The Kier molecular flexibility index (Phi) is 3.28. The molecule has 1 aromatic heterocycles. The Morgan fingerprint density at radius 1 is 1.57 bits per heavy atom. The molecule has 80 valence electrons. The molecule has 0 amide bonds. The van der Waals surface area contributed by atoms with Crippen molar-refractivity contribution >= 4 is 10.1 Å². The standard InChI is InChI=1S/C8H13NO4S/c1-6(2)8-4-7(9-13-8)5-14(10,11)12-3/h4,6H,5H2,1-3H3. The van der Waals surface area contributed by atoms with Crippen molar-refractivity contribution in [3.8, 4) is 0 Å². The van der Waals surface area contributed by atoms with Crippen LogP contribution < -0.4 is 0 Å². The van der Waals surface area contributed by atoms with E-state index in [0.29, 0.717) is 11.5 Å². The molecule has 0 saturated carbocycles. The van der Waals surface area contributed by atoms with Crippen LogP contribution in [0.2, 0.25) is 0 Å². The Labute approximate surface area is 83.2 Å². The maximum absolute atomic E-state index is 11.0. The Bertz CT molecular complexity index is 393. The lowest BCUT2D eigenvalue weighted by Crippen LogP contribution is -2.05. The van der Waals surface area contributed by atoms with Gasteiger partial charge in [-0.15, -0.1) is 0 Å². The minimum absolute atomic E-state index is 0.196. The third kappa shape index (κ3) is 2.81. The lowest BCUT2D eigenvalue weighted by atomic mass is 10.1. The Hall–Kier alpha value is -0.880. The van der Waals surface area contributed by atoms with Crippen molar-refractivity contribution in [2.24, 2.45) is 0 Å². The van der Waals surface area contributed by atoms with Crippen molar-refractivity contribution in [2.75, 3.05) is 7.11 Å². The summed E-state index contributed by atoms with van der Waals surface area (Å²) in [5.74, 6) is 0.618. The Balaban J connectivity index is 2.79. The van der Waals surface area contributed by atoms with Crippen molar-refractivity contribution in [1.29, 1.82) is 0 Å². The molecule has 1 rings (SSSR count). The first kappa shape index (κ1) is 11.2. The first-order chi connectivity index (χ1) is 6.44. The topological polar surface area (TPSA) is 69.4 Å². The van der Waals surface area contributed by atoms with Gasteiger partial charge in [0.25, 0.3) is 10.1 Å². The first-order valence-electron chi connectivity index (χ1n) is 4.18. The third-order valence-corrected chi connectivity index (χ3v) is 2.88. The highest BCUT2D eigenvalue weighted by atomic mass is 32.2. The zero-order chi connectivity index (χ0) is 10.8. The molecule has 0 spiro atoms. The lowest BCUT2D eigenvalue weighted by Gasteiger charge is -1.95. The van der Waals surface area contributed by atoms with Crippen LogP contribution in [0.4, 0.5) is 0 Å². The van der Waals surface area contributed by atoms with E-state index in [1.54, 1.807) is 6.07 Å². The van der Waals surface area contributed by atoms with Crippen molar-refractivity contribution < 1.29 is 17.1 Å². The molecule has 0 radical (unpaired) electrons. The average Bonchev–Trinajstić information content (AvgIpc) is 2.52. The summed E-state index contributed by atoms with van der Waals surface area (Å²) in [6, 6.07) is 1.63. The van der Waals surface area contributed by atoms with Crippen LogP contribution in [-0.2, 0) is 20.1 Å². The third-order valence-electron chi connectivity index (χ3n) is 1.72. The molecular weight excluding hydrogens is 206 g/mol. The van der Waals surface area contributed by atoms with Crippen LogP contribution in [0.3, 0.4) is 0 Å². The summed E-state index contributed by atoms with van der Waals surface area (Å²) in [5.41, 5.74) is 0.371. The molecule has 1 heterocycles. The van der Waals surface area contributed by atoms with Crippen LogP contribution in [0.25, 0.3) is 0 Å². The predicted molar refractivity (Wildman–Crippen MR) is 50.2 cm³/mol. The highest BCUT2D eigenvalue weighted by Gasteiger charge is 2.15. The van der Waals surface area contributed by atoms with E-state index in [9.17, 15) is 8.42 Å². The van der Waals surface area contributed by atoms with E-state index < -0.39 is 10.1 Å². The summed E-state index contributed by atoms with van der Waals surface area (Å²) in [6.07, 6.45) is 0. The molecule has 0 saturated heterocycles. The Morgan fingerprint density at radius 2 is 2.21 bits per heavy atom. The fourth-order valence-corrected chi connectivity index (χ4v) is 1.52. The van der Waals surface area contributed by atoms with E-state index in [-0.39, 0.29) is 11.7 Å². The van der Waals surface area contributed by atoms with Crippen molar-refractivity contribution in [2.45, 2.75) is 25.5 Å². The average molecular weight is 219 g/mol. The molecule has 0 bridgehead atoms. The second kappa shape index (κ2) is 4.10. The van der Waals surface area contributed by atoms with E-state index in [1.165, 1.54) is 0 Å². The highest BCUT2D eigenvalue weighted by molar-refractivity contribution is 7.85. The molecule has 0 aliphatic heterocycles. The van der Waals surface area contributed by atoms with Gasteiger partial charge in [-0.1, -0.05) is 19.0 Å². The van der Waals surface area contributed by atoms with Crippen LogP contribution in [0, 0.1) is 0 Å². The summed E-state index contributed by atoms with van der Waals surface area (Å²) in [5, 5.41) is 3.64. The van der Waals surface area contributed by atoms with Gasteiger partial charge in [0.2, 0.25) is 0 Å². The summed E-state index contributed by atoms with van der Waals surface area (Å²) in [6.45, 7) is 3.88. The zero-order valence-electron chi connectivity index (χ0n) is 8.35. The monoisotopic (exact) mass is 219 g/mol. The summed E-state index contributed by atoms with van der Waals surface area (Å²) in [7, 11) is -2.38. The van der Waals surface area contributed by atoms with Crippen LogP contribution in [0.5, 0.6) is 0 Å². The van der Waals surface area contributed by atoms with Crippen molar-refractivity contribution in [3.05, 3.63) is 17.5 Å². The van der Waals surface area contributed by atoms with Gasteiger partial charge in [0, 0.05) is 12.0 Å². The quantitative estimate of drug-likeness (QED) is 0.713. The van der Waals surface area contributed by atoms with Gasteiger partial charge in [0.15, 0.2) is 0 Å². The van der Waals surface area contributed by atoms with Crippen molar-refractivity contribution in [1.82, 2.24) is 5.16 Å². The number of rotatable bonds is 4. The second-order valence-electron chi connectivity index (χ2n) is 3.24. The molecule has 0 N–H and O–H groups in total. The number of aromatic nitrogens is 1. The van der Waals surface area contributed by atoms with Gasteiger partial charge in [-0.05, 0) is 0 Å². The largest absolute Gasteiger partial charge is 0.361 e. The molecular formula is C8H13NO4S. The maximum atomic E-state index is 11.0. The van der Waals surface area contributed by atoms with Gasteiger partial charge in [-0.2, -0.15) is 8.42 Å². The number of hydrogen-bond acceptors (Lipinski definition) is 5.